The first-order chi connectivity index (χ1) is 9.17. The molecule has 19 heavy (non-hydrogen) atoms. The van der Waals surface area contributed by atoms with Gasteiger partial charge in [0.15, 0.2) is 0 Å². The molecule has 106 valence electrons. The summed E-state index contributed by atoms with van der Waals surface area (Å²) in [5.74, 6) is 0. The maximum Gasteiger partial charge on any atom is 0.0638 e. The van der Waals surface area contributed by atoms with E-state index in [0.717, 1.165) is 23.7 Å². The smallest absolute Gasteiger partial charge is 0.0638 e. The zero-order valence-electron chi connectivity index (χ0n) is 12.4. The zero-order chi connectivity index (χ0) is 13.3. The lowest BCUT2D eigenvalue weighted by atomic mass is 9.71. The molecule has 0 atom stereocenters. The molecular weight excluding hydrogens is 234 g/mol. The molecule has 3 nitrogen and oxygen atoms in total. The lowest BCUT2D eigenvalue weighted by Crippen LogP contribution is -2.36. The summed E-state index contributed by atoms with van der Waals surface area (Å²) in [6.45, 7) is 3.09. The van der Waals surface area contributed by atoms with Crippen LogP contribution < -0.4 is 5.32 Å². The highest BCUT2D eigenvalue weighted by atomic mass is 15.2. The van der Waals surface area contributed by atoms with Gasteiger partial charge in [-0.25, -0.2) is 0 Å². The van der Waals surface area contributed by atoms with E-state index in [4.69, 9.17) is 0 Å². The zero-order valence-corrected chi connectivity index (χ0v) is 12.4. The van der Waals surface area contributed by atoms with Crippen LogP contribution in [0.1, 0.15) is 62.6 Å². The van der Waals surface area contributed by atoms with Gasteiger partial charge >= 0.3 is 0 Å². The van der Waals surface area contributed by atoms with Gasteiger partial charge in [0, 0.05) is 31.4 Å². The highest BCUT2D eigenvalue weighted by Crippen LogP contribution is 2.48. The van der Waals surface area contributed by atoms with E-state index < -0.39 is 0 Å². The molecule has 3 rings (SSSR count). The Labute approximate surface area is 116 Å². The minimum atomic E-state index is 0.728. The predicted molar refractivity (Wildman–Crippen MR) is 77.9 cm³/mol. The van der Waals surface area contributed by atoms with Gasteiger partial charge in [-0.3, -0.25) is 4.68 Å². The largest absolute Gasteiger partial charge is 0.310 e. The van der Waals surface area contributed by atoms with Crippen LogP contribution >= 0.6 is 0 Å². The van der Waals surface area contributed by atoms with Gasteiger partial charge < -0.3 is 5.32 Å². The summed E-state index contributed by atoms with van der Waals surface area (Å²) >= 11 is 0. The van der Waals surface area contributed by atoms with Crippen LogP contribution in [0.3, 0.4) is 0 Å². The van der Waals surface area contributed by atoms with Gasteiger partial charge in [0.2, 0.25) is 0 Å². The van der Waals surface area contributed by atoms with E-state index in [1.807, 2.05) is 11.7 Å². The minimum Gasteiger partial charge on any atom is -0.310 e. The first-order valence-corrected chi connectivity index (χ1v) is 7.89. The van der Waals surface area contributed by atoms with Crippen molar-refractivity contribution >= 4 is 0 Å². The number of nitrogens with one attached hydrogen (secondary N) is 1. The fourth-order valence-electron chi connectivity index (χ4n) is 4.14. The Morgan fingerprint density at radius 2 is 1.95 bits per heavy atom. The van der Waals surface area contributed by atoms with E-state index in [2.05, 4.69) is 23.5 Å². The molecule has 0 bridgehead atoms. The van der Waals surface area contributed by atoms with Crippen molar-refractivity contribution < 1.29 is 0 Å². The van der Waals surface area contributed by atoms with Crippen LogP contribution in [0.5, 0.6) is 0 Å². The second-order valence-corrected chi connectivity index (χ2v) is 6.78. The van der Waals surface area contributed by atoms with Crippen molar-refractivity contribution in [3.8, 4) is 0 Å². The molecule has 2 aliphatic rings. The average Bonchev–Trinajstić information content (AvgIpc) is 2.97. The second kappa shape index (κ2) is 5.28. The van der Waals surface area contributed by atoms with Crippen molar-refractivity contribution in [2.24, 2.45) is 12.5 Å². The van der Waals surface area contributed by atoms with E-state index in [9.17, 15) is 0 Å². The van der Waals surface area contributed by atoms with Crippen LogP contribution in [0.25, 0.3) is 0 Å². The van der Waals surface area contributed by atoms with Gasteiger partial charge in [-0.05, 0) is 50.9 Å². The molecule has 2 fully saturated rings. The summed E-state index contributed by atoms with van der Waals surface area (Å²) in [5.41, 5.74) is 3.27. The lowest BCUT2D eigenvalue weighted by Gasteiger charge is -2.37. The Bertz CT molecular complexity index is 419. The summed E-state index contributed by atoms with van der Waals surface area (Å²) in [6, 6.07) is 0.728. The monoisotopic (exact) mass is 261 g/mol. The second-order valence-electron chi connectivity index (χ2n) is 6.78. The molecule has 2 aliphatic carbocycles. The number of aromatic nitrogens is 2. The summed E-state index contributed by atoms with van der Waals surface area (Å²) < 4.78 is 1.92. The molecule has 2 saturated carbocycles. The molecule has 1 heterocycles. The molecule has 0 saturated heterocycles. The number of hydrogen-bond acceptors (Lipinski definition) is 2. The summed E-state index contributed by atoms with van der Waals surface area (Å²) in [5, 5.41) is 8.15. The number of rotatable bonds is 3. The fraction of sp³-hybridized carbons (Fsp3) is 0.812. The normalized spacial score (nSPS) is 23.3. The molecule has 1 aromatic rings. The average molecular weight is 261 g/mol. The standard InChI is InChI=1S/C16H27N3/c1-13-14(12-19(2)18-13)11-17-15-5-9-16(10-6-15)7-3-4-8-16/h12,15,17H,3-11H2,1-2H3. The Balaban J connectivity index is 1.48. The molecule has 0 aromatic carbocycles. The molecule has 1 N–H and O–H groups in total. The van der Waals surface area contributed by atoms with Crippen LogP contribution in [0.4, 0.5) is 0 Å². The van der Waals surface area contributed by atoms with Crippen LogP contribution in [0.2, 0.25) is 0 Å². The van der Waals surface area contributed by atoms with E-state index in [1.165, 1.54) is 56.9 Å². The van der Waals surface area contributed by atoms with Crippen LogP contribution in [0, 0.1) is 12.3 Å². The number of hydrogen-bond donors (Lipinski definition) is 1. The molecule has 0 unspecified atom stereocenters. The maximum absolute atomic E-state index is 4.41. The Morgan fingerprint density at radius 3 is 2.53 bits per heavy atom. The van der Waals surface area contributed by atoms with E-state index in [1.54, 1.807) is 0 Å². The predicted octanol–water partition coefficient (Wildman–Crippen LogP) is 3.32. The highest BCUT2D eigenvalue weighted by molar-refractivity contribution is 5.15. The molecule has 0 amide bonds. The number of aryl methyl sites for hydroxylation is 2. The van der Waals surface area contributed by atoms with Crippen molar-refractivity contribution in [1.82, 2.24) is 15.1 Å². The van der Waals surface area contributed by atoms with Crippen molar-refractivity contribution in [2.75, 3.05) is 0 Å². The van der Waals surface area contributed by atoms with Crippen LogP contribution in [0.15, 0.2) is 6.20 Å². The number of nitrogens with zero attached hydrogens (tertiary/aromatic N) is 2. The highest BCUT2D eigenvalue weighted by Gasteiger charge is 2.37. The topological polar surface area (TPSA) is 29.9 Å². The third-order valence-electron chi connectivity index (χ3n) is 5.41. The quantitative estimate of drug-likeness (QED) is 0.904. The summed E-state index contributed by atoms with van der Waals surface area (Å²) in [4.78, 5) is 0. The van der Waals surface area contributed by atoms with E-state index in [0.29, 0.717) is 0 Å². The van der Waals surface area contributed by atoms with Crippen molar-refractivity contribution in [3.63, 3.8) is 0 Å². The Hall–Kier alpha value is -0.830. The maximum atomic E-state index is 4.41. The van der Waals surface area contributed by atoms with Crippen molar-refractivity contribution in [1.29, 1.82) is 0 Å². The first-order valence-electron chi connectivity index (χ1n) is 7.89. The Kier molecular flexibility index (Phi) is 3.66. The molecule has 1 spiro atoms. The van der Waals surface area contributed by atoms with Crippen molar-refractivity contribution in [2.45, 2.75) is 70.9 Å². The third-order valence-corrected chi connectivity index (χ3v) is 5.41. The van der Waals surface area contributed by atoms with E-state index in [-0.39, 0.29) is 0 Å². The molecule has 3 heteroatoms. The van der Waals surface area contributed by atoms with Gasteiger partial charge in [0.05, 0.1) is 5.69 Å². The molecular formula is C16H27N3. The first kappa shape index (κ1) is 13.2. The SMILES string of the molecule is Cc1nn(C)cc1CNC1CCC2(CCCC2)CC1. The third kappa shape index (κ3) is 2.86. The van der Waals surface area contributed by atoms with Crippen molar-refractivity contribution in [3.05, 3.63) is 17.5 Å². The van der Waals surface area contributed by atoms with E-state index >= 15 is 0 Å². The van der Waals surface area contributed by atoms with Gasteiger partial charge in [-0.15, -0.1) is 0 Å². The molecule has 0 aliphatic heterocycles. The Morgan fingerprint density at radius 1 is 1.26 bits per heavy atom. The fourth-order valence-corrected chi connectivity index (χ4v) is 4.14. The van der Waals surface area contributed by atoms with Crippen LogP contribution in [-0.4, -0.2) is 15.8 Å². The summed E-state index contributed by atoms with van der Waals surface area (Å²) in [6.07, 6.45) is 13.8. The van der Waals surface area contributed by atoms with Gasteiger partial charge in [0.1, 0.15) is 0 Å². The summed E-state index contributed by atoms with van der Waals surface area (Å²) in [7, 11) is 2.00. The van der Waals surface area contributed by atoms with Crippen LogP contribution in [-0.2, 0) is 13.6 Å². The van der Waals surface area contributed by atoms with Gasteiger partial charge in [0.25, 0.3) is 0 Å². The van der Waals surface area contributed by atoms with Gasteiger partial charge in [-0.1, -0.05) is 12.8 Å². The van der Waals surface area contributed by atoms with Gasteiger partial charge in [-0.2, -0.15) is 5.10 Å². The molecule has 1 aromatic heterocycles. The molecule has 0 radical (unpaired) electrons. The minimum absolute atomic E-state index is 0.728. The lowest BCUT2D eigenvalue weighted by molar-refractivity contribution is 0.168.